The first-order valence-electron chi connectivity index (χ1n) is 8.25. The average molecular weight is 329 g/mol. The smallest absolute Gasteiger partial charge is 0.250 e. The van der Waals surface area contributed by atoms with Gasteiger partial charge in [0.25, 0.3) is 11.8 Å². The lowest BCUT2D eigenvalue weighted by atomic mass is 9.75. The standard InChI is InChI=1S/C12H24O.C4H3NO2.C2H6.H2O/c1-6-10(3)8-12(5,7-2)9-11(4)13;6-3-1-2-4(7)5-3;1-2;/h10H,6-9H2,1-5H3;1-2H,(H,5,6,7);1-2H3;1H2. The van der Waals surface area contributed by atoms with Crippen LogP contribution in [0.5, 0.6) is 0 Å². The fraction of sp³-hybridized carbons (Fsp3) is 0.722. The third kappa shape index (κ3) is 13.9. The molecule has 2 atom stereocenters. The molecule has 2 unspecified atom stereocenters. The summed E-state index contributed by atoms with van der Waals surface area (Å²) in [5.41, 5.74) is 0.237. The van der Waals surface area contributed by atoms with Crippen molar-refractivity contribution in [3.05, 3.63) is 12.2 Å². The lowest BCUT2D eigenvalue weighted by molar-refractivity contribution is -0.123. The first-order valence-corrected chi connectivity index (χ1v) is 8.25. The quantitative estimate of drug-likeness (QED) is 0.758. The number of amides is 2. The van der Waals surface area contributed by atoms with E-state index in [1.54, 1.807) is 6.92 Å². The fourth-order valence-corrected chi connectivity index (χ4v) is 2.28. The minimum atomic E-state index is -0.329. The minimum absolute atomic E-state index is 0. The maximum Gasteiger partial charge on any atom is 0.250 e. The summed E-state index contributed by atoms with van der Waals surface area (Å²) >= 11 is 0. The largest absolute Gasteiger partial charge is 0.412 e. The number of Topliss-reactive ketones (excluding diaryl/α,β-unsaturated/α-hetero) is 1. The summed E-state index contributed by atoms with van der Waals surface area (Å²) in [4.78, 5) is 31.2. The van der Waals surface area contributed by atoms with Crippen LogP contribution in [0.15, 0.2) is 12.2 Å². The maximum atomic E-state index is 11.1. The molecule has 0 aromatic carbocycles. The van der Waals surface area contributed by atoms with Gasteiger partial charge in [-0.2, -0.15) is 0 Å². The van der Waals surface area contributed by atoms with E-state index in [0.29, 0.717) is 5.78 Å². The molecular weight excluding hydrogens is 294 g/mol. The SMILES string of the molecule is CC.CCC(C)CC(C)(CC)CC(C)=O.O.O=C1C=CC(=O)N1. The molecule has 1 rings (SSSR count). The van der Waals surface area contributed by atoms with Gasteiger partial charge in [-0.3, -0.25) is 14.9 Å². The monoisotopic (exact) mass is 329 g/mol. The zero-order chi connectivity index (χ0) is 17.8. The summed E-state index contributed by atoms with van der Waals surface area (Å²) in [7, 11) is 0. The highest BCUT2D eigenvalue weighted by Gasteiger charge is 2.25. The van der Waals surface area contributed by atoms with Crippen molar-refractivity contribution >= 4 is 17.6 Å². The lowest BCUT2D eigenvalue weighted by Gasteiger charge is -2.29. The van der Waals surface area contributed by atoms with Crippen LogP contribution in [0.25, 0.3) is 0 Å². The summed E-state index contributed by atoms with van der Waals surface area (Å²) in [5, 5.41) is 2.03. The van der Waals surface area contributed by atoms with E-state index in [2.05, 4.69) is 27.7 Å². The molecular formula is C18H35NO4. The summed E-state index contributed by atoms with van der Waals surface area (Å²) in [6.45, 7) is 14.6. The van der Waals surface area contributed by atoms with Crippen molar-refractivity contribution in [2.75, 3.05) is 0 Å². The number of imide groups is 1. The van der Waals surface area contributed by atoms with Gasteiger partial charge < -0.3 is 10.3 Å². The third-order valence-electron chi connectivity index (χ3n) is 3.70. The van der Waals surface area contributed by atoms with E-state index < -0.39 is 0 Å². The van der Waals surface area contributed by atoms with Gasteiger partial charge in [-0.1, -0.05) is 54.4 Å². The van der Waals surface area contributed by atoms with Gasteiger partial charge in [0.1, 0.15) is 5.78 Å². The van der Waals surface area contributed by atoms with Gasteiger partial charge in [0.2, 0.25) is 0 Å². The molecule has 0 fully saturated rings. The van der Waals surface area contributed by atoms with Crippen LogP contribution < -0.4 is 5.32 Å². The van der Waals surface area contributed by atoms with Gasteiger partial charge in [0, 0.05) is 18.6 Å². The number of ketones is 1. The van der Waals surface area contributed by atoms with Crippen LogP contribution in [0.4, 0.5) is 0 Å². The van der Waals surface area contributed by atoms with Crippen LogP contribution in [0.2, 0.25) is 0 Å². The lowest BCUT2D eigenvalue weighted by Crippen LogP contribution is -2.21. The van der Waals surface area contributed by atoms with Gasteiger partial charge in [0.05, 0.1) is 0 Å². The first-order chi connectivity index (χ1) is 10.2. The minimum Gasteiger partial charge on any atom is -0.412 e. The van der Waals surface area contributed by atoms with Crippen molar-refractivity contribution in [1.29, 1.82) is 0 Å². The Balaban J connectivity index is -0.000000337. The second kappa shape index (κ2) is 14.1. The van der Waals surface area contributed by atoms with E-state index in [1.165, 1.54) is 25.0 Å². The van der Waals surface area contributed by atoms with Gasteiger partial charge >= 0.3 is 0 Å². The predicted molar refractivity (Wildman–Crippen MR) is 95.0 cm³/mol. The number of carbonyl (C=O) groups is 3. The van der Waals surface area contributed by atoms with Crippen molar-refractivity contribution in [1.82, 2.24) is 5.32 Å². The van der Waals surface area contributed by atoms with Crippen molar-refractivity contribution in [3.63, 3.8) is 0 Å². The first kappa shape index (κ1) is 26.4. The normalized spacial score (nSPS) is 15.8. The van der Waals surface area contributed by atoms with E-state index in [4.69, 9.17) is 0 Å². The Morgan fingerprint density at radius 1 is 1.17 bits per heavy atom. The Kier molecular flexibility index (Phi) is 16.2. The third-order valence-corrected chi connectivity index (χ3v) is 3.70. The molecule has 0 saturated heterocycles. The molecule has 136 valence electrons. The number of hydrogen-bond acceptors (Lipinski definition) is 3. The maximum absolute atomic E-state index is 11.1. The molecule has 0 spiro atoms. The van der Waals surface area contributed by atoms with Crippen molar-refractivity contribution in [3.8, 4) is 0 Å². The van der Waals surface area contributed by atoms with E-state index >= 15 is 0 Å². The molecule has 1 aliphatic heterocycles. The number of rotatable bonds is 6. The molecule has 1 heterocycles. The Morgan fingerprint density at radius 2 is 1.61 bits per heavy atom. The van der Waals surface area contributed by atoms with E-state index in [0.717, 1.165) is 18.8 Å². The number of carbonyl (C=O) groups excluding carboxylic acids is 3. The molecule has 0 bridgehead atoms. The molecule has 0 radical (unpaired) electrons. The van der Waals surface area contributed by atoms with Gasteiger partial charge in [-0.25, -0.2) is 0 Å². The molecule has 5 nitrogen and oxygen atoms in total. The highest BCUT2D eigenvalue weighted by Crippen LogP contribution is 2.34. The van der Waals surface area contributed by atoms with Gasteiger partial charge in [0.15, 0.2) is 0 Å². The molecule has 0 aromatic heterocycles. The summed E-state index contributed by atoms with van der Waals surface area (Å²) in [6.07, 6.45) is 6.64. The van der Waals surface area contributed by atoms with E-state index in [-0.39, 0.29) is 22.7 Å². The highest BCUT2D eigenvalue weighted by molar-refractivity contribution is 6.12. The Labute approximate surface area is 141 Å². The molecule has 0 aromatic rings. The Bertz CT molecular complexity index is 374. The molecule has 0 saturated carbocycles. The number of hydrogen-bond donors (Lipinski definition) is 1. The summed E-state index contributed by atoms with van der Waals surface area (Å²) in [6, 6.07) is 0. The van der Waals surface area contributed by atoms with Crippen LogP contribution in [0.1, 0.15) is 74.1 Å². The molecule has 3 N–H and O–H groups in total. The predicted octanol–water partition coefficient (Wildman–Crippen LogP) is 3.22. The van der Waals surface area contributed by atoms with Crippen LogP contribution in [0.3, 0.4) is 0 Å². The second-order valence-electron chi connectivity index (χ2n) is 5.95. The molecule has 2 amide bonds. The van der Waals surface area contributed by atoms with Gasteiger partial charge in [-0.05, 0) is 24.7 Å². The molecule has 1 aliphatic rings. The van der Waals surface area contributed by atoms with Crippen molar-refractivity contribution in [2.45, 2.75) is 74.1 Å². The zero-order valence-corrected chi connectivity index (χ0v) is 15.8. The average Bonchev–Trinajstić information content (AvgIpc) is 2.84. The zero-order valence-electron chi connectivity index (χ0n) is 15.8. The van der Waals surface area contributed by atoms with E-state index in [1.807, 2.05) is 19.2 Å². The van der Waals surface area contributed by atoms with Crippen LogP contribution in [-0.2, 0) is 14.4 Å². The molecule has 5 heteroatoms. The van der Waals surface area contributed by atoms with Gasteiger partial charge in [-0.15, -0.1) is 0 Å². The summed E-state index contributed by atoms with van der Waals surface area (Å²) < 4.78 is 0. The topological polar surface area (TPSA) is 94.7 Å². The Hall–Kier alpha value is -1.49. The molecule has 23 heavy (non-hydrogen) atoms. The van der Waals surface area contributed by atoms with Crippen LogP contribution in [0, 0.1) is 11.3 Å². The van der Waals surface area contributed by atoms with Crippen LogP contribution >= 0.6 is 0 Å². The fourth-order valence-electron chi connectivity index (χ4n) is 2.28. The molecule has 0 aliphatic carbocycles. The van der Waals surface area contributed by atoms with E-state index in [9.17, 15) is 14.4 Å². The Morgan fingerprint density at radius 3 is 1.83 bits per heavy atom. The second-order valence-corrected chi connectivity index (χ2v) is 5.95. The number of nitrogens with one attached hydrogen (secondary N) is 1. The van der Waals surface area contributed by atoms with Crippen molar-refractivity contribution in [2.24, 2.45) is 11.3 Å². The van der Waals surface area contributed by atoms with Crippen LogP contribution in [-0.4, -0.2) is 23.1 Å². The van der Waals surface area contributed by atoms with Crippen molar-refractivity contribution < 1.29 is 19.9 Å². The summed E-state index contributed by atoms with van der Waals surface area (Å²) in [5.74, 6) is 0.409. The highest BCUT2D eigenvalue weighted by atomic mass is 16.2.